The minimum Gasteiger partial charge on any atom is -0.507 e. The van der Waals surface area contributed by atoms with E-state index >= 15 is 0 Å². The number of Topliss-reactive ketones (excluding diaryl/α,β-unsaturated/α-hetero) is 1. The lowest BCUT2D eigenvalue weighted by Gasteiger charge is -2.34. The highest BCUT2D eigenvalue weighted by atomic mass is 35.5. The number of hydrazine groups is 1. The molecule has 1 unspecified atom stereocenters. The molecule has 1 fully saturated rings. The van der Waals surface area contributed by atoms with E-state index in [1.54, 1.807) is 6.92 Å². The van der Waals surface area contributed by atoms with Crippen molar-refractivity contribution in [1.82, 2.24) is 10.9 Å². The first kappa shape index (κ1) is 25.9. The number of hydrogen-bond donors (Lipinski definition) is 3. The van der Waals surface area contributed by atoms with Gasteiger partial charge in [0.1, 0.15) is 23.2 Å². The van der Waals surface area contributed by atoms with Gasteiger partial charge in [-0.1, -0.05) is 18.5 Å². The number of allylic oxidation sites excluding steroid dienone is 1. The van der Waals surface area contributed by atoms with Gasteiger partial charge in [0.05, 0.1) is 17.7 Å². The van der Waals surface area contributed by atoms with Gasteiger partial charge in [0.15, 0.2) is 17.8 Å². The van der Waals surface area contributed by atoms with Crippen molar-refractivity contribution < 1.29 is 43.2 Å². The van der Waals surface area contributed by atoms with Gasteiger partial charge >= 0.3 is 0 Å². The summed E-state index contributed by atoms with van der Waals surface area (Å²) in [5, 5.41) is 10.3. The van der Waals surface area contributed by atoms with Gasteiger partial charge in [0, 0.05) is 25.0 Å². The summed E-state index contributed by atoms with van der Waals surface area (Å²) < 4.78 is 22.2. The third-order valence-corrected chi connectivity index (χ3v) is 6.89. The lowest BCUT2D eigenvalue weighted by atomic mass is 9.75. The number of ketones is 2. The molecular weight excluding hydrogens is 496 g/mol. The maximum absolute atomic E-state index is 13.4. The van der Waals surface area contributed by atoms with Crippen LogP contribution in [0.1, 0.15) is 60.2 Å². The fraction of sp³-hybridized carbons (Fsp3) is 0.500. The van der Waals surface area contributed by atoms with Crippen LogP contribution in [0.3, 0.4) is 0 Å². The first-order valence-electron chi connectivity index (χ1n) is 11.6. The zero-order valence-electron chi connectivity index (χ0n) is 20.0. The highest BCUT2D eigenvalue weighted by molar-refractivity contribution is 6.37. The topological polar surface area (TPSA) is 149 Å². The predicted octanol–water partition coefficient (Wildman–Crippen LogP) is 2.41. The molecule has 1 aliphatic carbocycles. The second-order valence-corrected chi connectivity index (χ2v) is 9.31. The van der Waals surface area contributed by atoms with Crippen molar-refractivity contribution >= 4 is 35.0 Å². The van der Waals surface area contributed by atoms with Gasteiger partial charge in [0.2, 0.25) is 11.4 Å². The van der Waals surface area contributed by atoms with Crippen LogP contribution in [-0.2, 0) is 19.1 Å². The molecular formula is C24H27ClN2O9. The number of hydrogen-bond acceptors (Lipinski definition) is 9. The molecule has 0 saturated carbocycles. The molecule has 2 heterocycles. The molecule has 2 amide bonds. The lowest BCUT2D eigenvalue weighted by Crippen LogP contribution is -2.51. The van der Waals surface area contributed by atoms with E-state index in [0.717, 1.165) is 18.9 Å². The summed E-state index contributed by atoms with van der Waals surface area (Å²) in [6, 6.07) is 1.23. The van der Waals surface area contributed by atoms with E-state index in [-0.39, 0.29) is 39.9 Å². The largest absolute Gasteiger partial charge is 0.507 e. The smallest absolute Gasteiger partial charge is 0.271 e. The lowest BCUT2D eigenvalue weighted by molar-refractivity contribution is -0.189. The Morgan fingerprint density at radius 2 is 2.03 bits per heavy atom. The van der Waals surface area contributed by atoms with Crippen LogP contribution in [-0.4, -0.2) is 60.2 Å². The maximum Gasteiger partial charge on any atom is 0.271 e. The van der Waals surface area contributed by atoms with Gasteiger partial charge in [0.25, 0.3) is 11.8 Å². The molecule has 3 N–H and O–H groups in total. The van der Waals surface area contributed by atoms with Crippen LogP contribution < -0.4 is 20.3 Å². The molecule has 1 aromatic rings. The zero-order chi connectivity index (χ0) is 26.2. The monoisotopic (exact) mass is 522 g/mol. The summed E-state index contributed by atoms with van der Waals surface area (Å²) in [5.41, 5.74) is 2.47. The van der Waals surface area contributed by atoms with Gasteiger partial charge in [-0.2, -0.15) is 0 Å². The first-order chi connectivity index (χ1) is 17.1. The molecule has 36 heavy (non-hydrogen) atoms. The molecule has 4 rings (SSSR count). The van der Waals surface area contributed by atoms with E-state index in [0.29, 0.717) is 13.0 Å². The van der Waals surface area contributed by atoms with E-state index in [1.165, 1.54) is 20.1 Å². The summed E-state index contributed by atoms with van der Waals surface area (Å²) in [6.07, 6.45) is 2.07. The number of halogens is 1. The van der Waals surface area contributed by atoms with Crippen LogP contribution in [0, 0.1) is 5.92 Å². The molecule has 1 spiro atoms. The minimum atomic E-state index is -1.86. The summed E-state index contributed by atoms with van der Waals surface area (Å²) in [6.45, 7) is 3.68. The van der Waals surface area contributed by atoms with Crippen molar-refractivity contribution in [1.29, 1.82) is 0 Å². The molecule has 3 aliphatic rings. The molecule has 1 saturated heterocycles. The number of methoxy groups -OCH3 is 1. The number of fused-ring (bicyclic) bond motifs is 1. The van der Waals surface area contributed by atoms with Crippen molar-refractivity contribution in [3.8, 4) is 11.5 Å². The van der Waals surface area contributed by atoms with Crippen molar-refractivity contribution in [3.63, 3.8) is 0 Å². The van der Waals surface area contributed by atoms with Crippen LogP contribution in [0.25, 0.3) is 0 Å². The Labute approximate surface area is 212 Å². The summed E-state index contributed by atoms with van der Waals surface area (Å²) in [7, 11) is 1.29. The van der Waals surface area contributed by atoms with Crippen LogP contribution >= 0.6 is 11.6 Å². The normalized spacial score (nSPS) is 26.1. The number of rotatable bonds is 5. The van der Waals surface area contributed by atoms with Gasteiger partial charge in [-0.3, -0.25) is 30.0 Å². The standard InChI is InChI=1S/C24H27ClN2O9/c1-11-8-13(28)9-16(29)24(11)21(30)18-15(33-3)10-14(19(25)20(18)36-24)23(32)27-26-22(31)12(2)35-17-6-4-5-7-34-17/h9-12,17,29H,4-8H2,1-3H3,(H,26,31)(H,27,32)/t11-,12+,17?,24+/m1/s1. The van der Waals surface area contributed by atoms with Gasteiger partial charge in [-0.15, -0.1) is 0 Å². The number of aliphatic hydroxyl groups excluding tert-OH is 1. The quantitative estimate of drug-likeness (QED) is 0.495. The van der Waals surface area contributed by atoms with E-state index in [2.05, 4.69) is 10.9 Å². The van der Waals surface area contributed by atoms with Crippen molar-refractivity contribution in [3.05, 3.63) is 34.1 Å². The van der Waals surface area contributed by atoms with Crippen LogP contribution in [0.5, 0.6) is 11.5 Å². The minimum absolute atomic E-state index is 0.0178. The molecule has 12 heteroatoms. The summed E-state index contributed by atoms with van der Waals surface area (Å²) in [4.78, 5) is 50.6. The molecule has 0 aromatic heterocycles. The molecule has 4 atom stereocenters. The predicted molar refractivity (Wildman–Crippen MR) is 125 cm³/mol. The van der Waals surface area contributed by atoms with Gasteiger partial charge in [-0.05, 0) is 32.3 Å². The second-order valence-electron chi connectivity index (χ2n) is 8.93. The molecule has 2 aliphatic heterocycles. The number of carbonyl (C=O) groups excluding carboxylic acids is 4. The van der Waals surface area contributed by atoms with E-state index in [1.807, 2.05) is 0 Å². The zero-order valence-corrected chi connectivity index (χ0v) is 20.8. The Balaban J connectivity index is 1.54. The van der Waals surface area contributed by atoms with Crippen LogP contribution in [0.2, 0.25) is 5.02 Å². The number of amides is 2. The fourth-order valence-corrected chi connectivity index (χ4v) is 4.82. The van der Waals surface area contributed by atoms with E-state index in [9.17, 15) is 24.3 Å². The molecule has 11 nitrogen and oxygen atoms in total. The average Bonchev–Trinajstić information content (AvgIpc) is 3.17. The van der Waals surface area contributed by atoms with Crippen molar-refractivity contribution in [2.75, 3.05) is 13.7 Å². The van der Waals surface area contributed by atoms with Crippen LogP contribution in [0.15, 0.2) is 17.9 Å². The first-order valence-corrected chi connectivity index (χ1v) is 11.9. The Morgan fingerprint density at radius 3 is 2.67 bits per heavy atom. The fourth-order valence-electron chi connectivity index (χ4n) is 4.55. The highest BCUT2D eigenvalue weighted by Gasteiger charge is 2.59. The van der Waals surface area contributed by atoms with E-state index in [4.69, 9.17) is 30.5 Å². The molecule has 0 bridgehead atoms. The summed E-state index contributed by atoms with van der Waals surface area (Å²) >= 11 is 6.46. The third kappa shape index (κ3) is 4.42. The Kier molecular flexibility index (Phi) is 7.26. The van der Waals surface area contributed by atoms with E-state index < -0.39 is 47.3 Å². The number of ether oxygens (including phenoxy) is 4. The van der Waals surface area contributed by atoms with Gasteiger partial charge < -0.3 is 24.1 Å². The SMILES string of the molecule is COc1cc(C(=O)NNC(=O)[C@H](C)OC2CCCCO2)c(Cl)c2c1C(=O)[C@@]1(O2)C(O)=CC(=O)C[C@H]1C. The highest BCUT2D eigenvalue weighted by Crippen LogP contribution is 2.52. The Bertz CT molecular complexity index is 1140. The van der Waals surface area contributed by atoms with Crippen molar-refractivity contribution in [2.45, 2.75) is 57.5 Å². The maximum atomic E-state index is 13.4. The van der Waals surface area contributed by atoms with Crippen molar-refractivity contribution in [2.24, 2.45) is 5.92 Å². The molecule has 194 valence electrons. The van der Waals surface area contributed by atoms with Gasteiger partial charge in [-0.25, -0.2) is 0 Å². The third-order valence-electron chi connectivity index (χ3n) is 6.52. The summed E-state index contributed by atoms with van der Waals surface area (Å²) in [5.74, 6) is -3.83. The number of aliphatic hydroxyl groups is 1. The number of nitrogens with one attached hydrogen (secondary N) is 2. The number of benzene rings is 1. The Morgan fingerprint density at radius 1 is 1.28 bits per heavy atom. The Hall–Kier alpha value is -3.15. The van der Waals surface area contributed by atoms with Crippen LogP contribution in [0.4, 0.5) is 0 Å². The molecule has 1 aromatic carbocycles. The average molecular weight is 523 g/mol. The number of carbonyl (C=O) groups is 4. The second kappa shape index (κ2) is 10.1. The molecule has 0 radical (unpaired) electrons.